The van der Waals surface area contributed by atoms with Crippen LogP contribution in [0.4, 0.5) is 0 Å². The summed E-state index contributed by atoms with van der Waals surface area (Å²) in [7, 11) is 0. The molecule has 1 heterocycles. The Hall–Kier alpha value is -1.50. The molecule has 0 aromatic carbocycles. The standard InChI is InChI=1S/C4H4N4/c5-1-2-3(6)8-4(2)7/h(H4,6,7,8). The lowest BCUT2D eigenvalue weighted by molar-refractivity contribution is 1.15. The van der Waals surface area contributed by atoms with Crippen LogP contribution in [0.15, 0.2) is 16.4 Å². The molecule has 0 unspecified atom stereocenters. The van der Waals surface area contributed by atoms with Gasteiger partial charge in [-0.15, -0.1) is 0 Å². The molecule has 1 aliphatic rings. The molecular weight excluding hydrogens is 104 g/mol. The molecule has 40 valence electrons. The molecule has 0 spiro atoms. The van der Waals surface area contributed by atoms with E-state index in [1.54, 1.807) is 6.07 Å². The number of nitrogens with zero attached hydrogens (tertiary/aromatic N) is 2. The van der Waals surface area contributed by atoms with Crippen molar-refractivity contribution in [2.45, 2.75) is 0 Å². The summed E-state index contributed by atoms with van der Waals surface area (Å²) in [6, 6.07) is 1.80. The van der Waals surface area contributed by atoms with E-state index >= 15 is 0 Å². The van der Waals surface area contributed by atoms with Crippen LogP contribution in [0.1, 0.15) is 0 Å². The maximum absolute atomic E-state index is 8.18. The van der Waals surface area contributed by atoms with Crippen molar-refractivity contribution >= 4 is 5.84 Å². The van der Waals surface area contributed by atoms with Gasteiger partial charge in [0.05, 0.1) is 0 Å². The summed E-state index contributed by atoms with van der Waals surface area (Å²) in [5, 5.41) is 8.18. The fourth-order valence-corrected chi connectivity index (χ4v) is 0.434. The number of hydrogen-bond acceptors (Lipinski definition) is 4. The highest BCUT2D eigenvalue weighted by atomic mass is 15.0. The second kappa shape index (κ2) is 1.23. The van der Waals surface area contributed by atoms with Gasteiger partial charge in [0.15, 0.2) is 0 Å². The third-order valence-electron chi connectivity index (χ3n) is 0.865. The van der Waals surface area contributed by atoms with Crippen molar-refractivity contribution < 1.29 is 0 Å². The second-order valence-corrected chi connectivity index (χ2v) is 1.37. The van der Waals surface area contributed by atoms with E-state index in [1.807, 2.05) is 0 Å². The van der Waals surface area contributed by atoms with Crippen molar-refractivity contribution in [3.63, 3.8) is 0 Å². The Bertz CT molecular complexity index is 217. The zero-order valence-electron chi connectivity index (χ0n) is 4.05. The molecule has 0 aliphatic carbocycles. The lowest BCUT2D eigenvalue weighted by atomic mass is 10.2. The fraction of sp³-hybridized carbons (Fsp3) is 0. The molecule has 4 heteroatoms. The van der Waals surface area contributed by atoms with Gasteiger partial charge in [-0.1, -0.05) is 0 Å². The van der Waals surface area contributed by atoms with Gasteiger partial charge < -0.3 is 11.5 Å². The molecule has 0 atom stereocenters. The van der Waals surface area contributed by atoms with E-state index in [0.29, 0.717) is 5.57 Å². The van der Waals surface area contributed by atoms with Gasteiger partial charge in [0, 0.05) is 0 Å². The maximum atomic E-state index is 8.18. The topological polar surface area (TPSA) is 88.2 Å². The van der Waals surface area contributed by atoms with Crippen molar-refractivity contribution in [3.8, 4) is 6.07 Å². The van der Waals surface area contributed by atoms with Crippen LogP contribution in [0.3, 0.4) is 0 Å². The Morgan fingerprint density at radius 1 is 1.50 bits per heavy atom. The smallest absolute Gasteiger partial charge is 0.147 e. The minimum Gasteiger partial charge on any atom is -0.382 e. The molecule has 8 heavy (non-hydrogen) atoms. The van der Waals surface area contributed by atoms with Crippen molar-refractivity contribution in [2.75, 3.05) is 0 Å². The summed E-state index contributed by atoms with van der Waals surface area (Å²) in [6.45, 7) is 0. The van der Waals surface area contributed by atoms with E-state index < -0.39 is 0 Å². The predicted octanol–water partition coefficient (Wildman–Crippen LogP) is -0.949. The van der Waals surface area contributed by atoms with E-state index in [4.69, 9.17) is 16.7 Å². The van der Waals surface area contributed by atoms with Gasteiger partial charge >= 0.3 is 0 Å². The lowest BCUT2D eigenvalue weighted by Gasteiger charge is -2.07. The molecular formula is C4H4N4. The summed E-state index contributed by atoms with van der Waals surface area (Å²) in [4.78, 5) is 3.50. The van der Waals surface area contributed by atoms with Gasteiger partial charge in [-0.05, 0) is 0 Å². The molecule has 0 amide bonds. The van der Waals surface area contributed by atoms with E-state index in [2.05, 4.69) is 4.99 Å². The third-order valence-corrected chi connectivity index (χ3v) is 0.865. The molecule has 4 nitrogen and oxygen atoms in total. The third kappa shape index (κ3) is 0.353. The molecule has 1 rings (SSSR count). The Morgan fingerprint density at radius 3 is 2.25 bits per heavy atom. The van der Waals surface area contributed by atoms with Gasteiger partial charge in [-0.25, -0.2) is 4.99 Å². The van der Waals surface area contributed by atoms with Gasteiger partial charge in [-0.2, -0.15) is 5.26 Å². The summed E-state index contributed by atoms with van der Waals surface area (Å²) in [6.07, 6.45) is 0. The van der Waals surface area contributed by atoms with E-state index in [1.165, 1.54) is 0 Å². The van der Waals surface area contributed by atoms with Crippen molar-refractivity contribution in [3.05, 3.63) is 11.4 Å². The molecule has 0 saturated heterocycles. The molecule has 0 saturated carbocycles. The highest BCUT2D eigenvalue weighted by molar-refractivity contribution is 6.06. The van der Waals surface area contributed by atoms with Crippen LogP contribution in [-0.4, -0.2) is 5.84 Å². The molecule has 0 fully saturated rings. The largest absolute Gasteiger partial charge is 0.382 e. The van der Waals surface area contributed by atoms with Crippen LogP contribution >= 0.6 is 0 Å². The molecule has 0 aromatic heterocycles. The van der Waals surface area contributed by atoms with E-state index in [0.717, 1.165) is 0 Å². The number of nitrogens with two attached hydrogens (primary N) is 2. The molecule has 1 aliphatic heterocycles. The van der Waals surface area contributed by atoms with E-state index in [9.17, 15) is 0 Å². The number of rotatable bonds is 0. The first-order chi connectivity index (χ1) is 3.75. The zero-order chi connectivity index (χ0) is 6.15. The first-order valence-electron chi connectivity index (χ1n) is 2.00. The Balaban J connectivity index is 2.84. The summed E-state index contributed by atoms with van der Waals surface area (Å²) < 4.78 is 0. The number of aliphatic imine (C=N–C) groups is 1. The van der Waals surface area contributed by atoms with Crippen LogP contribution in [0.5, 0.6) is 0 Å². The average Bonchev–Trinajstić information content (AvgIpc) is 1.67. The molecule has 0 radical (unpaired) electrons. The minimum absolute atomic E-state index is 0.241. The van der Waals surface area contributed by atoms with Crippen LogP contribution in [0.2, 0.25) is 0 Å². The minimum atomic E-state index is 0.241. The maximum Gasteiger partial charge on any atom is 0.147 e. The zero-order valence-corrected chi connectivity index (χ0v) is 4.05. The van der Waals surface area contributed by atoms with Crippen LogP contribution in [-0.2, 0) is 0 Å². The summed E-state index contributed by atoms with van der Waals surface area (Å²) in [5.41, 5.74) is 10.5. The lowest BCUT2D eigenvalue weighted by Crippen LogP contribution is -2.26. The van der Waals surface area contributed by atoms with Gasteiger partial charge in [0.25, 0.3) is 0 Å². The van der Waals surface area contributed by atoms with E-state index in [-0.39, 0.29) is 11.7 Å². The van der Waals surface area contributed by atoms with Gasteiger partial charge in [-0.3, -0.25) is 0 Å². The Labute approximate surface area is 46.1 Å². The number of nitriles is 1. The quantitative estimate of drug-likeness (QED) is 0.419. The monoisotopic (exact) mass is 108 g/mol. The predicted molar refractivity (Wildman–Crippen MR) is 28.4 cm³/mol. The summed E-state index contributed by atoms with van der Waals surface area (Å²) in [5.74, 6) is 0.481. The Morgan fingerprint density at radius 2 is 2.12 bits per heavy atom. The normalized spacial score (nSPS) is 16.6. The Kier molecular flexibility index (Phi) is 0.718. The summed E-state index contributed by atoms with van der Waals surface area (Å²) >= 11 is 0. The number of hydrogen-bond donors (Lipinski definition) is 2. The van der Waals surface area contributed by atoms with Crippen molar-refractivity contribution in [1.82, 2.24) is 0 Å². The highest BCUT2D eigenvalue weighted by Gasteiger charge is 2.15. The molecule has 0 aromatic rings. The average molecular weight is 108 g/mol. The van der Waals surface area contributed by atoms with Crippen molar-refractivity contribution in [1.29, 1.82) is 5.26 Å². The van der Waals surface area contributed by atoms with Crippen molar-refractivity contribution in [2.24, 2.45) is 16.5 Å². The highest BCUT2D eigenvalue weighted by Crippen LogP contribution is 2.08. The van der Waals surface area contributed by atoms with Gasteiger partial charge in [0.1, 0.15) is 23.3 Å². The SMILES string of the molecule is N#CC1=C(N)N=C1N. The van der Waals surface area contributed by atoms with Crippen LogP contribution < -0.4 is 11.5 Å². The van der Waals surface area contributed by atoms with Crippen LogP contribution in [0, 0.1) is 11.3 Å². The van der Waals surface area contributed by atoms with Gasteiger partial charge in [0.2, 0.25) is 0 Å². The van der Waals surface area contributed by atoms with Crippen LogP contribution in [0.25, 0.3) is 0 Å². The second-order valence-electron chi connectivity index (χ2n) is 1.37. The molecule has 4 N–H and O–H groups in total. The molecule has 0 bridgehead atoms. The first kappa shape index (κ1) is 4.65. The fourth-order valence-electron chi connectivity index (χ4n) is 0.434. The number of amidine groups is 1. The first-order valence-corrected chi connectivity index (χ1v) is 2.00.